The van der Waals surface area contributed by atoms with Gasteiger partial charge in [0.05, 0.1) is 24.6 Å². The fourth-order valence-electron chi connectivity index (χ4n) is 4.51. The molecule has 2 aromatic rings. The van der Waals surface area contributed by atoms with Crippen LogP contribution in [0.3, 0.4) is 0 Å². The summed E-state index contributed by atoms with van der Waals surface area (Å²) >= 11 is 0. The van der Waals surface area contributed by atoms with Crippen LogP contribution < -0.4 is 0 Å². The predicted molar refractivity (Wildman–Crippen MR) is 129 cm³/mol. The van der Waals surface area contributed by atoms with Crippen LogP contribution in [0.4, 0.5) is 0 Å². The molecule has 0 spiro atoms. The number of ether oxygens (including phenoxy) is 4. The monoisotopic (exact) mass is 468 g/mol. The molecule has 2 aliphatic rings. The molecule has 0 aromatic carbocycles. The van der Waals surface area contributed by atoms with E-state index in [9.17, 15) is 5.11 Å². The molecule has 2 aliphatic heterocycles. The Morgan fingerprint density at radius 2 is 1.65 bits per heavy atom. The van der Waals surface area contributed by atoms with E-state index < -0.39 is 6.10 Å². The van der Waals surface area contributed by atoms with Crippen LogP contribution in [0.1, 0.15) is 78.3 Å². The first-order valence-corrected chi connectivity index (χ1v) is 12.3. The predicted octanol–water partition coefficient (Wildman–Crippen LogP) is 4.79. The van der Waals surface area contributed by atoms with Crippen molar-refractivity contribution >= 4 is 6.08 Å². The Morgan fingerprint density at radius 1 is 1.00 bits per heavy atom. The highest BCUT2D eigenvalue weighted by Gasteiger charge is 2.22. The van der Waals surface area contributed by atoms with E-state index in [2.05, 4.69) is 16.5 Å². The average molecular weight is 469 g/mol. The average Bonchev–Trinajstić information content (AvgIpc) is 2.88. The Hall–Kier alpha value is -2.16. The van der Waals surface area contributed by atoms with Gasteiger partial charge in [-0.25, -0.2) is 0 Å². The molecule has 0 aliphatic carbocycles. The largest absolute Gasteiger partial charge is 0.386 e. The lowest BCUT2D eigenvalue weighted by atomic mass is 9.96. The third kappa shape index (κ3) is 6.49. The normalized spacial score (nSPS) is 21.8. The van der Waals surface area contributed by atoms with Gasteiger partial charge in [0.2, 0.25) is 0 Å². The number of hydrogen-bond donors (Lipinski definition) is 1. The second kappa shape index (κ2) is 12.5. The fourth-order valence-corrected chi connectivity index (χ4v) is 4.51. The summed E-state index contributed by atoms with van der Waals surface area (Å²) in [6, 6.07) is 3.88. The van der Waals surface area contributed by atoms with Crippen LogP contribution in [-0.4, -0.2) is 40.9 Å². The van der Waals surface area contributed by atoms with Crippen molar-refractivity contribution in [2.75, 3.05) is 13.2 Å². The molecule has 4 rings (SSSR count). The van der Waals surface area contributed by atoms with Crippen molar-refractivity contribution in [2.45, 2.75) is 83.8 Å². The van der Waals surface area contributed by atoms with Gasteiger partial charge in [0, 0.05) is 43.2 Å². The Kier molecular flexibility index (Phi) is 9.18. The van der Waals surface area contributed by atoms with Crippen molar-refractivity contribution in [1.29, 1.82) is 0 Å². The smallest absolute Gasteiger partial charge is 0.158 e. The summed E-state index contributed by atoms with van der Waals surface area (Å²) in [6.07, 6.45) is 10.6. The van der Waals surface area contributed by atoms with E-state index in [1.165, 1.54) is 0 Å². The second-order valence-corrected chi connectivity index (χ2v) is 8.96. The lowest BCUT2D eigenvalue weighted by molar-refractivity contribution is -0.169. The Balaban J connectivity index is 1.49. The summed E-state index contributed by atoms with van der Waals surface area (Å²) in [5.41, 5.74) is 5.23. The maximum atomic E-state index is 11.3. The molecule has 3 atom stereocenters. The highest BCUT2D eigenvalue weighted by atomic mass is 16.7. The van der Waals surface area contributed by atoms with Crippen LogP contribution in [0.15, 0.2) is 31.1 Å². The minimum atomic E-state index is -0.796. The van der Waals surface area contributed by atoms with Gasteiger partial charge in [0.1, 0.15) is 6.10 Å². The van der Waals surface area contributed by atoms with Gasteiger partial charge < -0.3 is 24.1 Å². The van der Waals surface area contributed by atoms with Gasteiger partial charge in [-0.05, 0) is 74.8 Å². The molecule has 34 heavy (non-hydrogen) atoms. The van der Waals surface area contributed by atoms with Crippen molar-refractivity contribution < 1.29 is 24.1 Å². The van der Waals surface area contributed by atoms with Gasteiger partial charge >= 0.3 is 0 Å². The Morgan fingerprint density at radius 3 is 2.26 bits per heavy atom. The summed E-state index contributed by atoms with van der Waals surface area (Å²) in [5.74, 6) is 0. The van der Waals surface area contributed by atoms with Gasteiger partial charge in [-0.2, -0.15) is 0 Å². The summed E-state index contributed by atoms with van der Waals surface area (Å²) < 4.78 is 23.5. The van der Waals surface area contributed by atoms with Crippen molar-refractivity contribution in [2.24, 2.45) is 0 Å². The summed E-state index contributed by atoms with van der Waals surface area (Å²) in [7, 11) is 0. The molecule has 7 nitrogen and oxygen atoms in total. The number of pyridine rings is 2. The Labute approximate surface area is 202 Å². The van der Waals surface area contributed by atoms with E-state index >= 15 is 0 Å². The van der Waals surface area contributed by atoms with E-state index in [0.29, 0.717) is 25.3 Å². The maximum absolute atomic E-state index is 11.3. The van der Waals surface area contributed by atoms with Crippen LogP contribution in [0.5, 0.6) is 0 Å². The van der Waals surface area contributed by atoms with E-state index in [1.807, 2.05) is 19.1 Å². The highest BCUT2D eigenvalue weighted by Crippen LogP contribution is 2.27. The quantitative estimate of drug-likeness (QED) is 0.537. The number of rotatable bonds is 10. The lowest BCUT2D eigenvalue weighted by Gasteiger charge is -2.25. The fraction of sp³-hybridized carbons (Fsp3) is 0.556. The molecule has 0 saturated carbocycles. The minimum Gasteiger partial charge on any atom is -0.386 e. The van der Waals surface area contributed by atoms with Crippen LogP contribution in [0, 0.1) is 6.92 Å². The van der Waals surface area contributed by atoms with E-state index in [-0.39, 0.29) is 12.6 Å². The molecule has 2 aromatic heterocycles. The standard InChI is InChI=1S/C27H36N2O5/c1-3-23-22(18-34-26-9-5-7-15-32-26)20(11-13-28-23)16-24(30)27-21(19(2)10-12-29-27)17-33-25-8-4-6-14-31-25/h3,10-13,24-26,30H,1,4-9,14-18H2,2H3. The first-order valence-electron chi connectivity index (χ1n) is 12.3. The zero-order valence-electron chi connectivity index (χ0n) is 20.1. The van der Waals surface area contributed by atoms with Gasteiger partial charge in [-0.15, -0.1) is 0 Å². The molecule has 184 valence electrons. The SMILES string of the molecule is C=Cc1nccc(CC(O)c2nccc(C)c2COC2CCCCO2)c1COC1CCCCO1. The number of aryl methyl sites for hydroxylation is 1. The van der Waals surface area contributed by atoms with Crippen molar-refractivity contribution in [3.05, 3.63) is 64.7 Å². The molecule has 0 amide bonds. The minimum absolute atomic E-state index is 0.195. The number of hydrogen-bond acceptors (Lipinski definition) is 7. The van der Waals surface area contributed by atoms with Gasteiger partial charge in [-0.3, -0.25) is 9.97 Å². The van der Waals surface area contributed by atoms with Crippen molar-refractivity contribution in [3.8, 4) is 0 Å². The third-order valence-corrected chi connectivity index (χ3v) is 6.53. The number of nitrogens with zero attached hydrogens (tertiary/aromatic N) is 2. The van der Waals surface area contributed by atoms with E-state index in [1.54, 1.807) is 18.5 Å². The molecule has 4 heterocycles. The van der Waals surface area contributed by atoms with E-state index in [0.717, 1.165) is 79.7 Å². The molecule has 2 saturated heterocycles. The molecule has 2 fully saturated rings. The third-order valence-electron chi connectivity index (χ3n) is 6.53. The second-order valence-electron chi connectivity index (χ2n) is 8.96. The van der Waals surface area contributed by atoms with Crippen LogP contribution >= 0.6 is 0 Å². The van der Waals surface area contributed by atoms with Crippen LogP contribution in [0.2, 0.25) is 0 Å². The van der Waals surface area contributed by atoms with Crippen molar-refractivity contribution in [1.82, 2.24) is 9.97 Å². The maximum Gasteiger partial charge on any atom is 0.158 e. The summed E-state index contributed by atoms with van der Waals surface area (Å²) in [6.45, 7) is 8.11. The van der Waals surface area contributed by atoms with Gasteiger partial charge in [0.15, 0.2) is 12.6 Å². The first-order chi connectivity index (χ1) is 16.7. The molecule has 1 N–H and O–H groups in total. The molecule has 3 unspecified atom stereocenters. The number of aliphatic hydroxyl groups is 1. The topological polar surface area (TPSA) is 82.9 Å². The zero-order valence-corrected chi connectivity index (χ0v) is 20.1. The van der Waals surface area contributed by atoms with E-state index in [4.69, 9.17) is 18.9 Å². The Bertz CT molecular complexity index is 939. The lowest BCUT2D eigenvalue weighted by Crippen LogP contribution is -2.23. The first kappa shape index (κ1) is 24.9. The highest BCUT2D eigenvalue weighted by molar-refractivity contribution is 5.49. The van der Waals surface area contributed by atoms with Crippen molar-refractivity contribution in [3.63, 3.8) is 0 Å². The molecular formula is C27H36N2O5. The summed E-state index contributed by atoms with van der Waals surface area (Å²) in [5, 5.41) is 11.3. The molecule has 7 heteroatoms. The van der Waals surface area contributed by atoms with Gasteiger partial charge in [0.25, 0.3) is 0 Å². The molecule has 0 radical (unpaired) electrons. The van der Waals surface area contributed by atoms with Gasteiger partial charge in [-0.1, -0.05) is 6.58 Å². The van der Waals surface area contributed by atoms with Crippen LogP contribution in [-0.2, 0) is 38.6 Å². The number of aromatic nitrogens is 2. The summed E-state index contributed by atoms with van der Waals surface area (Å²) in [4.78, 5) is 8.98. The number of aliphatic hydroxyl groups excluding tert-OH is 1. The zero-order chi connectivity index (χ0) is 23.8. The molecular weight excluding hydrogens is 432 g/mol. The van der Waals surface area contributed by atoms with Crippen LogP contribution in [0.25, 0.3) is 6.08 Å². The molecule has 0 bridgehead atoms.